The SMILES string of the molecule is CCC1CCC(C2CCC(c3cccc(C#N)c3F)CC2)CC1. The lowest BCUT2D eigenvalue weighted by atomic mass is 9.68. The zero-order valence-corrected chi connectivity index (χ0v) is 14.2. The lowest BCUT2D eigenvalue weighted by Gasteiger charge is -2.38. The molecule has 2 saturated carbocycles. The first-order chi connectivity index (χ1) is 11.2. The fourth-order valence-electron chi connectivity index (χ4n) is 4.92. The zero-order valence-electron chi connectivity index (χ0n) is 14.2. The van der Waals surface area contributed by atoms with E-state index in [1.54, 1.807) is 6.07 Å². The van der Waals surface area contributed by atoms with Crippen LogP contribution in [0, 0.1) is 34.9 Å². The molecule has 0 unspecified atom stereocenters. The third-order valence-corrected chi connectivity index (χ3v) is 6.50. The monoisotopic (exact) mass is 313 g/mol. The number of halogens is 1. The van der Waals surface area contributed by atoms with Gasteiger partial charge in [0.1, 0.15) is 11.9 Å². The van der Waals surface area contributed by atoms with Crippen molar-refractivity contribution in [1.82, 2.24) is 0 Å². The summed E-state index contributed by atoms with van der Waals surface area (Å²) in [5, 5.41) is 9.01. The fourth-order valence-corrected chi connectivity index (χ4v) is 4.92. The first-order valence-electron chi connectivity index (χ1n) is 9.41. The third kappa shape index (κ3) is 3.60. The summed E-state index contributed by atoms with van der Waals surface area (Å²) in [5.74, 6) is 2.76. The van der Waals surface area contributed by atoms with E-state index in [-0.39, 0.29) is 11.4 Å². The minimum Gasteiger partial charge on any atom is -0.205 e. The van der Waals surface area contributed by atoms with Gasteiger partial charge in [-0.2, -0.15) is 5.26 Å². The van der Waals surface area contributed by atoms with Crippen LogP contribution < -0.4 is 0 Å². The molecular formula is C21H28FN. The maximum absolute atomic E-state index is 14.4. The molecule has 0 aliphatic heterocycles. The van der Waals surface area contributed by atoms with Crippen LogP contribution in [-0.2, 0) is 0 Å². The maximum Gasteiger partial charge on any atom is 0.144 e. The Morgan fingerprint density at radius 2 is 1.61 bits per heavy atom. The van der Waals surface area contributed by atoms with Gasteiger partial charge in [0.05, 0.1) is 5.56 Å². The van der Waals surface area contributed by atoms with Crippen molar-refractivity contribution in [3.8, 4) is 6.07 Å². The Bertz CT molecular complexity index is 558. The molecule has 0 saturated heterocycles. The number of hydrogen-bond acceptors (Lipinski definition) is 1. The van der Waals surface area contributed by atoms with Crippen LogP contribution in [0.3, 0.4) is 0 Å². The summed E-state index contributed by atoms with van der Waals surface area (Å²) in [6, 6.07) is 7.26. The molecule has 0 N–H and O–H groups in total. The quantitative estimate of drug-likeness (QED) is 0.653. The molecule has 3 rings (SSSR count). The largest absolute Gasteiger partial charge is 0.205 e. The van der Waals surface area contributed by atoms with Crippen molar-refractivity contribution in [1.29, 1.82) is 5.26 Å². The van der Waals surface area contributed by atoms with Gasteiger partial charge < -0.3 is 0 Å². The van der Waals surface area contributed by atoms with E-state index < -0.39 is 0 Å². The number of rotatable bonds is 3. The average Bonchev–Trinajstić information content (AvgIpc) is 2.62. The molecule has 1 nitrogen and oxygen atoms in total. The summed E-state index contributed by atoms with van der Waals surface area (Å²) in [6.07, 6.45) is 11.6. The smallest absolute Gasteiger partial charge is 0.144 e. The Labute approximate surface area is 139 Å². The standard InChI is InChI=1S/C21H28FN/c1-2-15-6-8-16(9-7-15)17-10-12-18(13-11-17)20-5-3-4-19(14-23)21(20)22/h3-5,15-18H,2,6-13H2,1H3. The predicted molar refractivity (Wildman–Crippen MR) is 91.6 cm³/mol. The summed E-state index contributed by atoms with van der Waals surface area (Å²) in [5.41, 5.74) is 0.972. The molecule has 1 aromatic carbocycles. The Kier molecular flexibility index (Phi) is 5.36. The average molecular weight is 313 g/mol. The molecule has 0 amide bonds. The summed E-state index contributed by atoms with van der Waals surface area (Å²) in [6.45, 7) is 2.32. The van der Waals surface area contributed by atoms with Gasteiger partial charge in [-0.05, 0) is 73.8 Å². The van der Waals surface area contributed by atoms with Gasteiger partial charge in [-0.1, -0.05) is 38.3 Å². The second-order valence-corrected chi connectivity index (χ2v) is 7.62. The fraction of sp³-hybridized carbons (Fsp3) is 0.667. The van der Waals surface area contributed by atoms with Crippen LogP contribution in [0.4, 0.5) is 4.39 Å². The van der Waals surface area contributed by atoms with Crippen molar-refractivity contribution in [2.75, 3.05) is 0 Å². The highest BCUT2D eigenvalue weighted by Gasteiger charge is 2.31. The molecule has 2 fully saturated rings. The van der Waals surface area contributed by atoms with E-state index in [1.807, 2.05) is 18.2 Å². The highest BCUT2D eigenvalue weighted by atomic mass is 19.1. The van der Waals surface area contributed by atoms with Crippen LogP contribution in [0.25, 0.3) is 0 Å². The predicted octanol–water partition coefficient (Wildman–Crippen LogP) is 6.19. The Hall–Kier alpha value is -1.36. The molecule has 124 valence electrons. The summed E-state index contributed by atoms with van der Waals surface area (Å²) >= 11 is 0. The van der Waals surface area contributed by atoms with Gasteiger partial charge in [-0.3, -0.25) is 0 Å². The molecule has 0 spiro atoms. The summed E-state index contributed by atoms with van der Waals surface area (Å²) < 4.78 is 14.4. The van der Waals surface area contributed by atoms with Crippen molar-refractivity contribution in [2.45, 2.75) is 70.6 Å². The van der Waals surface area contributed by atoms with E-state index in [4.69, 9.17) is 5.26 Å². The molecule has 0 bridgehead atoms. The Morgan fingerprint density at radius 3 is 2.17 bits per heavy atom. The molecule has 0 radical (unpaired) electrons. The lowest BCUT2D eigenvalue weighted by Crippen LogP contribution is -2.25. The minimum atomic E-state index is -0.276. The van der Waals surface area contributed by atoms with Crippen molar-refractivity contribution >= 4 is 0 Å². The summed E-state index contributed by atoms with van der Waals surface area (Å²) in [4.78, 5) is 0. The first-order valence-corrected chi connectivity index (χ1v) is 9.41. The molecule has 2 aliphatic carbocycles. The molecule has 2 aliphatic rings. The molecule has 1 aromatic rings. The highest BCUT2D eigenvalue weighted by Crippen LogP contribution is 2.44. The molecule has 0 atom stereocenters. The van der Waals surface area contributed by atoms with E-state index in [1.165, 1.54) is 44.9 Å². The minimum absolute atomic E-state index is 0.197. The number of nitrogens with zero attached hydrogens (tertiary/aromatic N) is 1. The van der Waals surface area contributed by atoms with E-state index in [2.05, 4.69) is 6.92 Å². The van der Waals surface area contributed by atoms with Crippen LogP contribution in [0.2, 0.25) is 0 Å². The molecule has 0 heterocycles. The Morgan fingerprint density at radius 1 is 1.00 bits per heavy atom. The number of hydrogen-bond donors (Lipinski definition) is 0. The second-order valence-electron chi connectivity index (χ2n) is 7.62. The van der Waals surface area contributed by atoms with Crippen LogP contribution in [0.1, 0.15) is 81.8 Å². The van der Waals surface area contributed by atoms with Crippen molar-refractivity contribution < 1.29 is 4.39 Å². The van der Waals surface area contributed by atoms with Crippen LogP contribution in [-0.4, -0.2) is 0 Å². The molecule has 23 heavy (non-hydrogen) atoms. The molecular weight excluding hydrogens is 285 g/mol. The van der Waals surface area contributed by atoms with E-state index in [0.717, 1.165) is 36.2 Å². The summed E-state index contributed by atoms with van der Waals surface area (Å²) in [7, 11) is 0. The van der Waals surface area contributed by atoms with Crippen LogP contribution >= 0.6 is 0 Å². The second kappa shape index (κ2) is 7.47. The van der Waals surface area contributed by atoms with E-state index >= 15 is 0 Å². The van der Waals surface area contributed by atoms with Gasteiger partial charge in [-0.25, -0.2) is 4.39 Å². The number of benzene rings is 1. The normalized spacial score (nSPS) is 31.5. The maximum atomic E-state index is 14.4. The van der Waals surface area contributed by atoms with Crippen LogP contribution in [0.5, 0.6) is 0 Å². The third-order valence-electron chi connectivity index (χ3n) is 6.50. The molecule has 2 heteroatoms. The zero-order chi connectivity index (χ0) is 16.2. The van der Waals surface area contributed by atoms with Crippen molar-refractivity contribution in [2.24, 2.45) is 17.8 Å². The van der Waals surface area contributed by atoms with Gasteiger partial charge in [-0.15, -0.1) is 0 Å². The number of nitriles is 1. The van der Waals surface area contributed by atoms with Crippen LogP contribution in [0.15, 0.2) is 18.2 Å². The van der Waals surface area contributed by atoms with Gasteiger partial charge in [0.15, 0.2) is 0 Å². The Balaban J connectivity index is 1.58. The van der Waals surface area contributed by atoms with E-state index in [0.29, 0.717) is 5.92 Å². The van der Waals surface area contributed by atoms with Gasteiger partial charge in [0, 0.05) is 0 Å². The van der Waals surface area contributed by atoms with Crippen molar-refractivity contribution in [3.05, 3.63) is 35.1 Å². The molecule has 0 aromatic heterocycles. The topological polar surface area (TPSA) is 23.8 Å². The lowest BCUT2D eigenvalue weighted by molar-refractivity contribution is 0.158. The van der Waals surface area contributed by atoms with Crippen molar-refractivity contribution in [3.63, 3.8) is 0 Å². The highest BCUT2D eigenvalue weighted by molar-refractivity contribution is 5.36. The van der Waals surface area contributed by atoms with Gasteiger partial charge in [0.25, 0.3) is 0 Å². The van der Waals surface area contributed by atoms with Gasteiger partial charge >= 0.3 is 0 Å². The van der Waals surface area contributed by atoms with Gasteiger partial charge in [0.2, 0.25) is 0 Å². The first kappa shape index (κ1) is 16.5. The van der Waals surface area contributed by atoms with E-state index in [9.17, 15) is 4.39 Å².